The van der Waals surface area contributed by atoms with E-state index in [0.29, 0.717) is 16.3 Å². The van der Waals surface area contributed by atoms with E-state index in [4.69, 9.17) is 9.84 Å². The fourth-order valence-corrected chi connectivity index (χ4v) is 3.55. The van der Waals surface area contributed by atoms with Gasteiger partial charge in [0, 0.05) is 16.6 Å². The third-order valence-electron chi connectivity index (χ3n) is 3.94. The zero-order valence-electron chi connectivity index (χ0n) is 15.8. The van der Waals surface area contributed by atoms with Gasteiger partial charge in [0.15, 0.2) is 0 Å². The Hall–Kier alpha value is -2.88. The Kier molecular flexibility index (Phi) is 5.65. The lowest BCUT2D eigenvalue weighted by Gasteiger charge is -2.14. The summed E-state index contributed by atoms with van der Waals surface area (Å²) >= 11 is 1.26. The summed E-state index contributed by atoms with van der Waals surface area (Å²) in [5.41, 5.74) is 0.153. The van der Waals surface area contributed by atoms with Gasteiger partial charge in [-0.2, -0.15) is 18.3 Å². The van der Waals surface area contributed by atoms with Crippen LogP contribution in [0.15, 0.2) is 30.6 Å². The number of carbonyl (C=O) groups is 1. The molecule has 0 unspecified atom stereocenters. The molecule has 2 aromatic heterocycles. The molecule has 0 aliphatic heterocycles. The second-order valence-electron chi connectivity index (χ2n) is 6.66. The summed E-state index contributed by atoms with van der Waals surface area (Å²) in [6, 6.07) is 3.56. The Bertz CT molecular complexity index is 1040. The molecule has 0 aliphatic rings. The number of nitrogens with zero attached hydrogens (tertiary/aromatic N) is 3. The number of aryl methyl sites for hydroxylation is 1. The predicted molar refractivity (Wildman–Crippen MR) is 101 cm³/mol. The molecule has 10 heteroatoms. The van der Waals surface area contributed by atoms with Gasteiger partial charge in [-0.05, 0) is 39.0 Å². The zero-order valence-corrected chi connectivity index (χ0v) is 16.6. The van der Waals surface area contributed by atoms with Crippen LogP contribution in [0.25, 0.3) is 10.6 Å². The summed E-state index contributed by atoms with van der Waals surface area (Å²) in [5, 5.41) is 13.4. The first-order valence-corrected chi connectivity index (χ1v) is 9.46. The molecule has 154 valence electrons. The molecule has 0 bridgehead atoms. The lowest BCUT2D eigenvalue weighted by atomic mass is 10.1. The number of hydrogen-bond acceptors (Lipinski definition) is 5. The van der Waals surface area contributed by atoms with Gasteiger partial charge < -0.3 is 9.84 Å². The quantitative estimate of drug-likeness (QED) is 0.610. The molecule has 0 saturated carbocycles. The van der Waals surface area contributed by atoms with Crippen LogP contribution in [0.5, 0.6) is 5.75 Å². The van der Waals surface area contributed by atoms with Crippen molar-refractivity contribution in [1.29, 1.82) is 0 Å². The van der Waals surface area contributed by atoms with Gasteiger partial charge in [-0.1, -0.05) is 0 Å². The summed E-state index contributed by atoms with van der Waals surface area (Å²) in [6.45, 7) is 5.49. The van der Waals surface area contributed by atoms with E-state index < -0.39 is 17.7 Å². The fraction of sp³-hybridized carbons (Fsp3) is 0.316. The smallest absolute Gasteiger partial charge is 0.416 e. The number of aromatic nitrogens is 3. The van der Waals surface area contributed by atoms with Gasteiger partial charge in [-0.3, -0.25) is 4.68 Å². The Morgan fingerprint density at radius 3 is 2.62 bits per heavy atom. The largest absolute Gasteiger partial charge is 0.491 e. The number of rotatable bonds is 6. The van der Waals surface area contributed by atoms with E-state index in [1.807, 2.05) is 0 Å². The number of aromatic carboxylic acids is 1. The third kappa shape index (κ3) is 4.94. The molecule has 1 N–H and O–H groups in total. The maximum Gasteiger partial charge on any atom is 0.416 e. The van der Waals surface area contributed by atoms with Crippen LogP contribution in [0.2, 0.25) is 0 Å². The molecule has 29 heavy (non-hydrogen) atoms. The van der Waals surface area contributed by atoms with Crippen molar-refractivity contribution in [3.63, 3.8) is 0 Å². The highest BCUT2D eigenvalue weighted by Crippen LogP contribution is 2.37. The number of hydrogen-bond donors (Lipinski definition) is 1. The highest BCUT2D eigenvalue weighted by Gasteiger charge is 2.32. The third-order valence-corrected chi connectivity index (χ3v) is 5.00. The lowest BCUT2D eigenvalue weighted by Crippen LogP contribution is -2.09. The van der Waals surface area contributed by atoms with Gasteiger partial charge in [0.1, 0.15) is 10.8 Å². The number of ether oxygens (including phenoxy) is 1. The molecular weight excluding hydrogens is 407 g/mol. The first-order valence-electron chi connectivity index (χ1n) is 8.64. The summed E-state index contributed by atoms with van der Waals surface area (Å²) in [4.78, 5) is 16.2. The van der Waals surface area contributed by atoms with Gasteiger partial charge in [0.05, 0.1) is 35.7 Å². The molecule has 0 aliphatic carbocycles. The monoisotopic (exact) mass is 425 g/mol. The molecule has 0 saturated heterocycles. The minimum atomic E-state index is -4.51. The average molecular weight is 425 g/mol. The van der Waals surface area contributed by atoms with Crippen molar-refractivity contribution in [2.75, 3.05) is 0 Å². The van der Waals surface area contributed by atoms with Crippen LogP contribution in [0.3, 0.4) is 0 Å². The summed E-state index contributed by atoms with van der Waals surface area (Å²) in [5.74, 6) is -0.967. The number of halogens is 3. The highest BCUT2D eigenvalue weighted by atomic mass is 32.1. The Balaban J connectivity index is 1.96. The van der Waals surface area contributed by atoms with Gasteiger partial charge in [0.25, 0.3) is 0 Å². The summed E-state index contributed by atoms with van der Waals surface area (Å²) in [6.07, 6.45) is -2.18. The summed E-state index contributed by atoms with van der Waals surface area (Å²) < 4.78 is 46.8. The predicted octanol–water partition coefficient (Wildman–Crippen LogP) is 4.87. The normalized spacial score (nSPS) is 11.8. The number of benzene rings is 1. The van der Waals surface area contributed by atoms with E-state index in [0.717, 1.165) is 17.0 Å². The van der Waals surface area contributed by atoms with Gasteiger partial charge in [-0.15, -0.1) is 11.3 Å². The van der Waals surface area contributed by atoms with Gasteiger partial charge in [0.2, 0.25) is 0 Å². The van der Waals surface area contributed by atoms with Crippen molar-refractivity contribution in [3.8, 4) is 16.3 Å². The van der Waals surface area contributed by atoms with Crippen LogP contribution in [0, 0.1) is 6.92 Å². The first kappa shape index (κ1) is 20.8. The van der Waals surface area contributed by atoms with Crippen molar-refractivity contribution in [1.82, 2.24) is 14.8 Å². The molecule has 2 heterocycles. The number of carboxylic acid groups (broad SMARTS) is 1. The maximum atomic E-state index is 13.3. The molecule has 0 amide bonds. The number of thiazole rings is 1. The van der Waals surface area contributed by atoms with Crippen molar-refractivity contribution in [3.05, 3.63) is 52.3 Å². The topological polar surface area (TPSA) is 77.2 Å². The van der Waals surface area contributed by atoms with Crippen molar-refractivity contribution >= 4 is 17.3 Å². The lowest BCUT2D eigenvalue weighted by molar-refractivity contribution is -0.137. The van der Waals surface area contributed by atoms with E-state index in [-0.39, 0.29) is 24.0 Å². The van der Waals surface area contributed by atoms with Gasteiger partial charge >= 0.3 is 12.1 Å². The second kappa shape index (κ2) is 7.86. The molecule has 0 atom stereocenters. The van der Waals surface area contributed by atoms with E-state index in [2.05, 4.69) is 10.1 Å². The van der Waals surface area contributed by atoms with Crippen molar-refractivity contribution in [2.45, 2.75) is 39.6 Å². The Labute approximate surface area is 168 Å². The van der Waals surface area contributed by atoms with Crippen molar-refractivity contribution in [2.24, 2.45) is 0 Å². The molecule has 0 fully saturated rings. The molecule has 6 nitrogen and oxygen atoms in total. The van der Waals surface area contributed by atoms with E-state index in [1.54, 1.807) is 20.8 Å². The SMILES string of the molecule is Cc1sc(-c2cc(OC(C)C)cc(C(F)(F)F)c2)nc1Cn1cc(C(=O)O)cn1. The molecule has 3 aromatic rings. The van der Waals surface area contributed by atoms with E-state index in [1.165, 1.54) is 34.5 Å². The van der Waals surface area contributed by atoms with Crippen molar-refractivity contribution < 1.29 is 27.8 Å². The van der Waals surface area contributed by atoms with Crippen LogP contribution < -0.4 is 4.74 Å². The average Bonchev–Trinajstić information content (AvgIpc) is 3.21. The Morgan fingerprint density at radius 2 is 2.03 bits per heavy atom. The number of carboxylic acids is 1. The molecule has 3 rings (SSSR count). The minimum Gasteiger partial charge on any atom is -0.491 e. The molecular formula is C19H18F3N3O3S. The van der Waals surface area contributed by atoms with E-state index >= 15 is 0 Å². The molecule has 1 aromatic carbocycles. The maximum absolute atomic E-state index is 13.3. The number of alkyl halides is 3. The second-order valence-corrected chi connectivity index (χ2v) is 7.87. The fourth-order valence-electron chi connectivity index (χ4n) is 2.64. The standard InChI is InChI=1S/C19H18F3N3O3S/c1-10(2)28-15-5-12(4-14(6-15)19(20,21)22)17-24-16(11(3)29-17)9-25-8-13(7-23-25)18(26)27/h4-8,10H,9H2,1-3H3,(H,26,27). The van der Waals surface area contributed by atoms with Crippen LogP contribution in [-0.2, 0) is 12.7 Å². The molecule has 0 radical (unpaired) electrons. The van der Waals surface area contributed by atoms with Crippen LogP contribution in [-0.4, -0.2) is 31.9 Å². The minimum absolute atomic E-state index is 0.0476. The van der Waals surface area contributed by atoms with Crippen LogP contribution >= 0.6 is 11.3 Å². The first-order chi connectivity index (χ1) is 13.5. The molecule has 0 spiro atoms. The highest BCUT2D eigenvalue weighted by molar-refractivity contribution is 7.15. The zero-order chi connectivity index (χ0) is 21.3. The van der Waals surface area contributed by atoms with Gasteiger partial charge in [-0.25, -0.2) is 9.78 Å². The van der Waals surface area contributed by atoms with Crippen LogP contribution in [0.1, 0.15) is 40.3 Å². The van der Waals surface area contributed by atoms with E-state index in [9.17, 15) is 18.0 Å². The van der Waals surface area contributed by atoms with Crippen LogP contribution in [0.4, 0.5) is 13.2 Å². The summed E-state index contributed by atoms with van der Waals surface area (Å²) in [7, 11) is 0. The Morgan fingerprint density at radius 1 is 1.31 bits per heavy atom.